The largest absolute Gasteiger partial charge is 0.366 e. The van der Waals surface area contributed by atoms with Crippen LogP contribution >= 0.6 is 15.9 Å². The molecule has 0 aliphatic rings. The lowest BCUT2D eigenvalue weighted by Crippen LogP contribution is -2.19. The second-order valence-corrected chi connectivity index (χ2v) is 4.50. The molecule has 0 bridgehead atoms. The molecular weight excluding hydrogens is 300 g/mol. The number of hydrogen-bond acceptors (Lipinski definition) is 5. The molecule has 2 rings (SSSR count). The quantitative estimate of drug-likeness (QED) is 0.848. The number of rotatable bonds is 2. The summed E-state index contributed by atoms with van der Waals surface area (Å²) >= 11 is 3.20. The van der Waals surface area contributed by atoms with Crippen LogP contribution in [0.1, 0.15) is 21.6 Å². The third-order valence-electron chi connectivity index (χ3n) is 2.36. The van der Waals surface area contributed by atoms with Crippen molar-refractivity contribution in [2.75, 3.05) is 5.73 Å². The van der Waals surface area contributed by atoms with Crippen LogP contribution in [0.5, 0.6) is 0 Å². The van der Waals surface area contributed by atoms with Crippen LogP contribution in [-0.2, 0) is 0 Å². The lowest BCUT2D eigenvalue weighted by molar-refractivity contribution is 0.0999. The Balaban J connectivity index is 2.77. The monoisotopic (exact) mass is 310 g/mol. The Labute approximate surface area is 111 Å². The van der Waals surface area contributed by atoms with Crippen molar-refractivity contribution < 1.29 is 4.79 Å². The van der Waals surface area contributed by atoms with Crippen molar-refractivity contribution in [3.05, 3.63) is 27.6 Å². The number of carbonyl (C=O) groups excluding carboxylic acids is 1. The maximum absolute atomic E-state index is 11.5. The van der Waals surface area contributed by atoms with Gasteiger partial charge in [-0.2, -0.15) is 9.67 Å². The first-order valence-corrected chi connectivity index (χ1v) is 5.86. The van der Waals surface area contributed by atoms with E-state index < -0.39 is 5.91 Å². The van der Waals surface area contributed by atoms with E-state index in [-0.39, 0.29) is 5.95 Å². The molecule has 7 nitrogen and oxygen atoms in total. The topological polar surface area (TPSA) is 113 Å². The fraction of sp³-hybridized carbons (Fsp3) is 0.200. The molecule has 0 radical (unpaired) electrons. The van der Waals surface area contributed by atoms with Crippen LogP contribution in [0.2, 0.25) is 0 Å². The molecule has 1 amide bonds. The summed E-state index contributed by atoms with van der Waals surface area (Å²) < 4.78 is 1.70. The van der Waals surface area contributed by atoms with E-state index in [0.29, 0.717) is 16.1 Å². The molecule has 0 aliphatic heterocycles. The Kier molecular flexibility index (Phi) is 3.04. The highest BCUT2D eigenvalue weighted by molar-refractivity contribution is 9.10. The van der Waals surface area contributed by atoms with Gasteiger partial charge in [0.25, 0.3) is 5.91 Å². The molecule has 0 saturated heterocycles. The van der Waals surface area contributed by atoms with Crippen LogP contribution in [0.15, 0.2) is 10.8 Å². The summed E-state index contributed by atoms with van der Waals surface area (Å²) in [5.74, 6) is -0.176. The number of nitrogen functional groups attached to an aromatic ring is 1. The van der Waals surface area contributed by atoms with Crippen molar-refractivity contribution in [1.29, 1.82) is 0 Å². The Bertz CT molecular complexity index is 636. The van der Waals surface area contributed by atoms with Gasteiger partial charge in [0, 0.05) is 5.69 Å². The molecule has 0 unspecified atom stereocenters. The number of carbonyl (C=O) groups is 1. The van der Waals surface area contributed by atoms with Gasteiger partial charge in [0.2, 0.25) is 10.7 Å². The lowest BCUT2D eigenvalue weighted by Gasteiger charge is -2.10. The van der Waals surface area contributed by atoms with Gasteiger partial charge in [-0.05, 0) is 41.4 Å². The third kappa shape index (κ3) is 2.06. The number of nitrogens with two attached hydrogens (primary N) is 2. The van der Waals surface area contributed by atoms with Crippen LogP contribution in [0, 0.1) is 13.8 Å². The van der Waals surface area contributed by atoms with Crippen molar-refractivity contribution in [3.8, 4) is 5.82 Å². The Morgan fingerprint density at radius 3 is 2.56 bits per heavy atom. The number of aryl methyl sites for hydroxylation is 2. The second-order valence-electron chi connectivity index (χ2n) is 3.79. The van der Waals surface area contributed by atoms with E-state index in [1.807, 2.05) is 6.92 Å². The maximum atomic E-state index is 11.5. The minimum absolute atomic E-state index is 0.0817. The number of nitrogens with zero attached hydrogens (tertiary/aromatic N) is 4. The summed E-state index contributed by atoms with van der Waals surface area (Å²) in [7, 11) is 0. The van der Waals surface area contributed by atoms with Crippen molar-refractivity contribution in [2.24, 2.45) is 5.73 Å². The van der Waals surface area contributed by atoms with Gasteiger partial charge in [-0.15, -0.1) is 5.10 Å². The van der Waals surface area contributed by atoms with E-state index in [1.165, 1.54) is 4.68 Å². The van der Waals surface area contributed by atoms with Crippen LogP contribution in [0.25, 0.3) is 5.82 Å². The molecule has 4 N–H and O–H groups in total. The smallest absolute Gasteiger partial charge is 0.252 e. The maximum Gasteiger partial charge on any atom is 0.252 e. The predicted molar refractivity (Wildman–Crippen MR) is 69.3 cm³/mol. The zero-order valence-electron chi connectivity index (χ0n) is 9.81. The molecule has 0 saturated carbocycles. The second kappa shape index (κ2) is 4.37. The van der Waals surface area contributed by atoms with E-state index in [0.717, 1.165) is 11.3 Å². The molecule has 0 aromatic carbocycles. The van der Waals surface area contributed by atoms with Gasteiger partial charge in [0.15, 0.2) is 5.82 Å². The highest BCUT2D eigenvalue weighted by atomic mass is 79.9. The first kappa shape index (κ1) is 12.5. The zero-order valence-corrected chi connectivity index (χ0v) is 11.4. The number of aromatic nitrogens is 4. The van der Waals surface area contributed by atoms with Gasteiger partial charge in [-0.25, -0.2) is 4.98 Å². The molecule has 0 atom stereocenters. The van der Waals surface area contributed by atoms with Gasteiger partial charge < -0.3 is 11.5 Å². The SMILES string of the molecule is Cc1cc(C)c(C(N)=O)c(-n2nc(N)nc2Br)n1. The molecule has 0 spiro atoms. The number of primary amides is 1. The number of pyridine rings is 1. The molecule has 18 heavy (non-hydrogen) atoms. The highest BCUT2D eigenvalue weighted by Gasteiger charge is 2.19. The van der Waals surface area contributed by atoms with E-state index >= 15 is 0 Å². The molecule has 0 fully saturated rings. The Morgan fingerprint density at radius 1 is 1.39 bits per heavy atom. The molecule has 0 aliphatic carbocycles. The van der Waals surface area contributed by atoms with E-state index in [4.69, 9.17) is 11.5 Å². The molecule has 2 aromatic heterocycles. The van der Waals surface area contributed by atoms with E-state index in [2.05, 4.69) is 31.0 Å². The van der Waals surface area contributed by atoms with Crippen molar-refractivity contribution in [2.45, 2.75) is 13.8 Å². The minimum Gasteiger partial charge on any atom is -0.366 e. The normalized spacial score (nSPS) is 10.6. The standard InChI is InChI=1S/C10H11BrN6O/c1-4-3-5(2)14-8(6(4)7(12)18)17-9(11)15-10(13)16-17/h3H,1-2H3,(H2,12,18)(H2,13,16). The van der Waals surface area contributed by atoms with Crippen molar-refractivity contribution in [1.82, 2.24) is 19.7 Å². The van der Waals surface area contributed by atoms with Gasteiger partial charge in [0.05, 0.1) is 5.56 Å². The summed E-state index contributed by atoms with van der Waals surface area (Å²) in [6, 6.07) is 1.78. The summed E-state index contributed by atoms with van der Waals surface area (Å²) in [5, 5.41) is 3.97. The van der Waals surface area contributed by atoms with Crippen LogP contribution < -0.4 is 11.5 Å². The molecule has 8 heteroatoms. The summed E-state index contributed by atoms with van der Waals surface area (Å²) in [4.78, 5) is 19.7. The molecule has 2 heterocycles. The highest BCUT2D eigenvalue weighted by Crippen LogP contribution is 2.20. The number of amides is 1. The zero-order chi connectivity index (χ0) is 13.4. The van der Waals surface area contributed by atoms with E-state index in [9.17, 15) is 4.79 Å². The van der Waals surface area contributed by atoms with Gasteiger partial charge in [-0.3, -0.25) is 4.79 Å². The van der Waals surface area contributed by atoms with E-state index in [1.54, 1.807) is 13.0 Å². The first-order valence-electron chi connectivity index (χ1n) is 5.06. The third-order valence-corrected chi connectivity index (χ3v) is 2.87. The van der Waals surface area contributed by atoms with Gasteiger partial charge >= 0.3 is 0 Å². The number of anilines is 1. The Hall–Kier alpha value is -1.96. The number of halogens is 1. The fourth-order valence-corrected chi connectivity index (χ4v) is 2.15. The molecule has 94 valence electrons. The van der Waals surface area contributed by atoms with Crippen molar-refractivity contribution >= 4 is 27.8 Å². The van der Waals surface area contributed by atoms with Gasteiger partial charge in [0.1, 0.15) is 0 Å². The van der Waals surface area contributed by atoms with Crippen LogP contribution in [0.3, 0.4) is 0 Å². The summed E-state index contributed by atoms with van der Waals surface area (Å²) in [5.41, 5.74) is 12.6. The average molecular weight is 311 g/mol. The fourth-order valence-electron chi connectivity index (χ4n) is 1.72. The predicted octanol–water partition coefficient (Wildman–Crippen LogP) is 0.723. The Morgan fingerprint density at radius 2 is 2.06 bits per heavy atom. The number of hydrogen-bond donors (Lipinski definition) is 2. The molecular formula is C10H11BrN6O. The minimum atomic E-state index is -0.573. The summed E-state index contributed by atoms with van der Waals surface area (Å²) in [6.45, 7) is 3.60. The lowest BCUT2D eigenvalue weighted by atomic mass is 10.1. The van der Waals surface area contributed by atoms with Crippen molar-refractivity contribution in [3.63, 3.8) is 0 Å². The summed E-state index contributed by atoms with van der Waals surface area (Å²) in [6.07, 6.45) is 0. The van der Waals surface area contributed by atoms with Gasteiger partial charge in [-0.1, -0.05) is 0 Å². The molecule has 2 aromatic rings. The first-order chi connectivity index (χ1) is 8.40. The van der Waals surface area contributed by atoms with Crippen LogP contribution in [-0.4, -0.2) is 25.7 Å². The van der Waals surface area contributed by atoms with Crippen LogP contribution in [0.4, 0.5) is 5.95 Å². The average Bonchev–Trinajstić information content (AvgIpc) is 2.55.